The molecule has 2 aromatic carbocycles. The lowest BCUT2D eigenvalue weighted by molar-refractivity contribution is -0.0150. The molecule has 108 valence electrons. The molecular formula is C18H19NO2. The maximum atomic E-state index is 7.02. The van der Waals surface area contributed by atoms with Crippen molar-refractivity contribution in [2.75, 3.05) is 0 Å². The smallest absolute Gasteiger partial charge is 0.190 e. The van der Waals surface area contributed by atoms with E-state index in [0.29, 0.717) is 18.0 Å². The molecule has 0 aliphatic rings. The van der Waals surface area contributed by atoms with Crippen LogP contribution in [0.5, 0.6) is 11.5 Å². The van der Waals surface area contributed by atoms with Crippen LogP contribution in [0.15, 0.2) is 48.5 Å². The lowest BCUT2D eigenvalue weighted by Gasteiger charge is -2.19. The molecule has 0 N–H and O–H groups in total. The highest BCUT2D eigenvalue weighted by Gasteiger charge is 2.10. The molecule has 0 spiro atoms. The lowest BCUT2D eigenvalue weighted by atomic mass is 10.2. The van der Waals surface area contributed by atoms with Crippen molar-refractivity contribution in [3.63, 3.8) is 0 Å². The zero-order chi connectivity index (χ0) is 15.3. The van der Waals surface area contributed by atoms with Gasteiger partial charge in [0.15, 0.2) is 5.69 Å². The van der Waals surface area contributed by atoms with Crippen LogP contribution in [0.3, 0.4) is 0 Å². The summed E-state index contributed by atoms with van der Waals surface area (Å²) in [5.74, 6) is 1.41. The summed E-state index contributed by atoms with van der Waals surface area (Å²) < 4.78 is 11.6. The molecule has 0 aliphatic heterocycles. The first-order valence-electron chi connectivity index (χ1n) is 6.84. The summed E-state index contributed by atoms with van der Waals surface area (Å²) in [6.45, 7) is 13.7. The molecule has 0 radical (unpaired) electrons. The Balaban J connectivity index is 2.09. The van der Waals surface area contributed by atoms with Crippen molar-refractivity contribution in [1.29, 1.82) is 0 Å². The van der Waals surface area contributed by atoms with Crippen molar-refractivity contribution >= 4 is 5.69 Å². The predicted octanol–water partition coefficient (Wildman–Crippen LogP) is 5.34. The third-order valence-corrected chi connectivity index (χ3v) is 2.75. The van der Waals surface area contributed by atoms with Gasteiger partial charge in [-0.2, -0.15) is 0 Å². The van der Waals surface area contributed by atoms with Crippen LogP contribution >= 0.6 is 0 Å². The van der Waals surface area contributed by atoms with Crippen molar-refractivity contribution < 1.29 is 9.47 Å². The van der Waals surface area contributed by atoms with Gasteiger partial charge in [0.25, 0.3) is 0 Å². The molecule has 0 fully saturated rings. The normalized spacial score (nSPS) is 11.0. The number of nitrogens with zero attached hydrogens (tertiary/aromatic N) is 1. The highest BCUT2D eigenvalue weighted by atomic mass is 16.5. The molecule has 3 heteroatoms. The summed E-state index contributed by atoms with van der Waals surface area (Å²) in [4.78, 5) is 3.40. The van der Waals surface area contributed by atoms with E-state index in [2.05, 4.69) is 4.85 Å². The van der Waals surface area contributed by atoms with Gasteiger partial charge in [0.2, 0.25) is 0 Å². The van der Waals surface area contributed by atoms with E-state index in [0.717, 1.165) is 11.3 Å². The van der Waals surface area contributed by atoms with Gasteiger partial charge in [-0.15, -0.1) is 0 Å². The van der Waals surface area contributed by atoms with Gasteiger partial charge in [-0.1, -0.05) is 24.3 Å². The fraction of sp³-hybridized carbons (Fsp3) is 0.278. The minimum absolute atomic E-state index is 0.166. The summed E-state index contributed by atoms with van der Waals surface area (Å²) in [7, 11) is 0. The van der Waals surface area contributed by atoms with E-state index in [1.165, 1.54) is 0 Å². The number of ether oxygens (including phenoxy) is 2. The van der Waals surface area contributed by atoms with Crippen LogP contribution < -0.4 is 4.74 Å². The molecule has 0 aromatic heterocycles. The standard InChI is InChI=1S/C18H19NO2/c1-18(2,3)20-13-14-7-5-9-16(11-14)21-17-10-6-8-15(12-17)19-4/h5-12H,13H2,1-3H3. The van der Waals surface area contributed by atoms with Gasteiger partial charge in [0.05, 0.1) is 18.8 Å². The van der Waals surface area contributed by atoms with E-state index >= 15 is 0 Å². The van der Waals surface area contributed by atoms with Crippen molar-refractivity contribution in [2.24, 2.45) is 0 Å². The molecule has 3 nitrogen and oxygen atoms in total. The minimum atomic E-state index is -0.166. The molecule has 0 saturated carbocycles. The highest BCUT2D eigenvalue weighted by molar-refractivity contribution is 5.49. The topological polar surface area (TPSA) is 22.8 Å². The van der Waals surface area contributed by atoms with Crippen molar-refractivity contribution in [2.45, 2.75) is 33.0 Å². The molecule has 0 heterocycles. The second-order valence-electron chi connectivity index (χ2n) is 5.76. The number of rotatable bonds is 4. The maximum Gasteiger partial charge on any atom is 0.190 e. The highest BCUT2D eigenvalue weighted by Crippen LogP contribution is 2.26. The molecule has 0 amide bonds. The zero-order valence-corrected chi connectivity index (χ0v) is 12.6. The number of hydrogen-bond donors (Lipinski definition) is 0. The van der Waals surface area contributed by atoms with Gasteiger partial charge >= 0.3 is 0 Å². The molecule has 21 heavy (non-hydrogen) atoms. The Morgan fingerprint density at radius 3 is 2.33 bits per heavy atom. The van der Waals surface area contributed by atoms with Crippen LogP contribution in [0.1, 0.15) is 26.3 Å². The maximum absolute atomic E-state index is 7.02. The van der Waals surface area contributed by atoms with Crippen molar-refractivity contribution in [3.05, 3.63) is 65.5 Å². The van der Waals surface area contributed by atoms with Crippen LogP contribution in [-0.4, -0.2) is 5.60 Å². The van der Waals surface area contributed by atoms with Crippen LogP contribution in [0.25, 0.3) is 4.85 Å². The zero-order valence-electron chi connectivity index (χ0n) is 12.6. The summed E-state index contributed by atoms with van der Waals surface area (Å²) in [6.07, 6.45) is 0. The molecule has 0 unspecified atom stereocenters. The summed E-state index contributed by atoms with van der Waals surface area (Å²) >= 11 is 0. The fourth-order valence-electron chi connectivity index (χ4n) is 1.75. The summed E-state index contributed by atoms with van der Waals surface area (Å²) in [6, 6.07) is 14.9. The fourth-order valence-corrected chi connectivity index (χ4v) is 1.75. The lowest BCUT2D eigenvalue weighted by Crippen LogP contribution is -2.18. The van der Waals surface area contributed by atoms with Gasteiger partial charge in [-0.3, -0.25) is 0 Å². The molecular weight excluding hydrogens is 262 g/mol. The minimum Gasteiger partial charge on any atom is -0.459 e. The second kappa shape index (κ2) is 6.43. The number of hydrogen-bond acceptors (Lipinski definition) is 2. The molecule has 0 bridgehead atoms. The van der Waals surface area contributed by atoms with E-state index in [9.17, 15) is 0 Å². The van der Waals surface area contributed by atoms with Crippen LogP contribution in [0, 0.1) is 6.57 Å². The molecule has 0 saturated heterocycles. The summed E-state index contributed by atoms with van der Waals surface area (Å²) in [5, 5.41) is 0. The average molecular weight is 281 g/mol. The third kappa shape index (κ3) is 4.94. The molecule has 0 aliphatic carbocycles. The second-order valence-corrected chi connectivity index (χ2v) is 5.76. The van der Waals surface area contributed by atoms with Crippen LogP contribution in [0.4, 0.5) is 5.69 Å². The largest absolute Gasteiger partial charge is 0.459 e. The van der Waals surface area contributed by atoms with Gasteiger partial charge in [-0.05, 0) is 50.6 Å². The quantitative estimate of drug-likeness (QED) is 0.705. The molecule has 2 rings (SSSR count). The van der Waals surface area contributed by atoms with Crippen molar-refractivity contribution in [1.82, 2.24) is 0 Å². The van der Waals surface area contributed by atoms with Crippen LogP contribution in [0.2, 0.25) is 0 Å². The van der Waals surface area contributed by atoms with E-state index in [1.807, 2.05) is 57.2 Å². The van der Waals surface area contributed by atoms with Crippen LogP contribution in [-0.2, 0) is 11.3 Å². The Morgan fingerprint density at radius 1 is 1.00 bits per heavy atom. The van der Waals surface area contributed by atoms with Crippen molar-refractivity contribution in [3.8, 4) is 11.5 Å². The Hall–Kier alpha value is -2.31. The average Bonchev–Trinajstić information content (AvgIpc) is 2.45. The Kier molecular flexibility index (Phi) is 4.62. The SMILES string of the molecule is [C-]#[N+]c1cccc(Oc2cccc(COC(C)(C)C)c2)c1. The molecule has 0 atom stereocenters. The van der Waals surface area contributed by atoms with Gasteiger partial charge in [0, 0.05) is 0 Å². The summed E-state index contributed by atoms with van der Waals surface area (Å²) in [5.41, 5.74) is 1.46. The van der Waals surface area contributed by atoms with Gasteiger partial charge in [-0.25, -0.2) is 4.85 Å². The Bertz CT molecular complexity index is 651. The Morgan fingerprint density at radius 2 is 1.67 bits per heavy atom. The number of benzene rings is 2. The first-order chi connectivity index (χ1) is 9.96. The van der Waals surface area contributed by atoms with Gasteiger partial charge < -0.3 is 9.47 Å². The van der Waals surface area contributed by atoms with E-state index < -0.39 is 0 Å². The van der Waals surface area contributed by atoms with E-state index in [-0.39, 0.29) is 5.60 Å². The van der Waals surface area contributed by atoms with E-state index in [1.54, 1.807) is 12.1 Å². The van der Waals surface area contributed by atoms with Gasteiger partial charge in [0.1, 0.15) is 11.5 Å². The Labute approximate surface area is 126 Å². The predicted molar refractivity (Wildman–Crippen MR) is 83.8 cm³/mol. The van der Waals surface area contributed by atoms with E-state index in [4.69, 9.17) is 16.0 Å². The molecule has 2 aromatic rings. The first kappa shape index (κ1) is 15.1. The monoisotopic (exact) mass is 281 g/mol. The third-order valence-electron chi connectivity index (χ3n) is 2.75. The first-order valence-corrected chi connectivity index (χ1v) is 6.84.